The highest BCUT2D eigenvalue weighted by molar-refractivity contribution is 7.17. The summed E-state index contributed by atoms with van der Waals surface area (Å²) in [6, 6.07) is 7.25. The molecule has 6 nitrogen and oxygen atoms in total. The van der Waals surface area contributed by atoms with Gasteiger partial charge in [0.25, 0.3) is 5.56 Å². The highest BCUT2D eigenvalue weighted by Gasteiger charge is 2.20. The summed E-state index contributed by atoms with van der Waals surface area (Å²) in [5, 5.41) is 1.78. The van der Waals surface area contributed by atoms with E-state index >= 15 is 0 Å². The molecule has 1 amide bonds. The summed E-state index contributed by atoms with van der Waals surface area (Å²) < 4.78 is 3.10. The van der Waals surface area contributed by atoms with E-state index in [2.05, 4.69) is 0 Å². The number of carbonyl (C=O) groups is 1. The minimum atomic E-state index is -0.481. The van der Waals surface area contributed by atoms with Crippen LogP contribution in [0.2, 0.25) is 0 Å². The summed E-state index contributed by atoms with van der Waals surface area (Å²) in [4.78, 5) is 41.1. The number of benzene rings is 1. The van der Waals surface area contributed by atoms with E-state index in [0.29, 0.717) is 29.0 Å². The molecule has 0 unspecified atom stereocenters. The number of nitrogens with zero attached hydrogens (tertiary/aromatic N) is 3. The lowest BCUT2D eigenvalue weighted by Crippen LogP contribution is -2.43. The molecule has 0 fully saturated rings. The third kappa shape index (κ3) is 4.05. The molecule has 0 aliphatic heterocycles. The molecule has 2 aromatic heterocycles. The molecule has 0 saturated heterocycles. The van der Waals surface area contributed by atoms with Gasteiger partial charge in [-0.15, -0.1) is 11.3 Å². The average molecular weight is 414 g/mol. The van der Waals surface area contributed by atoms with Gasteiger partial charge in [0.05, 0.1) is 11.2 Å². The van der Waals surface area contributed by atoms with Crippen LogP contribution < -0.4 is 11.2 Å². The van der Waals surface area contributed by atoms with Crippen molar-refractivity contribution < 1.29 is 4.79 Å². The molecule has 0 N–H and O–H groups in total. The van der Waals surface area contributed by atoms with Gasteiger partial charge < -0.3 is 4.90 Å². The smallest absolute Gasteiger partial charge is 0.336 e. The van der Waals surface area contributed by atoms with Gasteiger partial charge in [-0.05, 0) is 61.4 Å². The van der Waals surface area contributed by atoms with Crippen molar-refractivity contribution in [1.82, 2.24) is 14.0 Å². The second-order valence-electron chi connectivity index (χ2n) is 7.29. The van der Waals surface area contributed by atoms with Gasteiger partial charge in [-0.3, -0.25) is 14.2 Å². The molecule has 0 aliphatic carbocycles. The molecule has 0 bridgehead atoms. The fourth-order valence-corrected chi connectivity index (χ4v) is 4.29. The van der Waals surface area contributed by atoms with Crippen molar-refractivity contribution in [2.45, 2.75) is 47.1 Å². The van der Waals surface area contributed by atoms with Crippen LogP contribution in [-0.2, 0) is 11.3 Å². The fourth-order valence-electron chi connectivity index (χ4n) is 3.47. The second-order valence-corrected chi connectivity index (χ2v) is 8.21. The minimum absolute atomic E-state index is 0.0722. The van der Waals surface area contributed by atoms with Crippen molar-refractivity contribution in [1.29, 1.82) is 0 Å². The topological polar surface area (TPSA) is 64.3 Å². The van der Waals surface area contributed by atoms with Crippen LogP contribution >= 0.6 is 11.3 Å². The molecule has 3 rings (SSSR count). The van der Waals surface area contributed by atoms with Crippen molar-refractivity contribution in [3.8, 4) is 5.69 Å². The van der Waals surface area contributed by atoms with Crippen LogP contribution in [0.5, 0.6) is 0 Å². The first-order valence-electron chi connectivity index (χ1n) is 9.97. The Morgan fingerprint density at radius 1 is 1.03 bits per heavy atom. The summed E-state index contributed by atoms with van der Waals surface area (Å²) in [7, 11) is 0. The largest absolute Gasteiger partial charge is 0.341 e. The molecule has 3 aromatic rings. The quantitative estimate of drug-likeness (QED) is 0.596. The zero-order valence-electron chi connectivity index (χ0n) is 17.4. The number of aromatic nitrogens is 2. The van der Waals surface area contributed by atoms with Gasteiger partial charge in [-0.1, -0.05) is 19.9 Å². The van der Waals surface area contributed by atoms with Crippen molar-refractivity contribution in [2.24, 2.45) is 0 Å². The Kier molecular flexibility index (Phi) is 6.37. The number of rotatable bonds is 7. The van der Waals surface area contributed by atoms with Gasteiger partial charge in [0.1, 0.15) is 11.2 Å². The number of hydrogen-bond donors (Lipinski definition) is 0. The first-order valence-corrected chi connectivity index (χ1v) is 10.8. The highest BCUT2D eigenvalue weighted by atomic mass is 32.1. The Morgan fingerprint density at radius 3 is 2.34 bits per heavy atom. The molecule has 0 spiro atoms. The molecular formula is C22H27N3O3S. The summed E-state index contributed by atoms with van der Waals surface area (Å²) in [5.74, 6) is -0.103. The lowest BCUT2D eigenvalue weighted by molar-refractivity contribution is -0.131. The van der Waals surface area contributed by atoms with Crippen LogP contribution in [0.15, 0.2) is 39.2 Å². The first kappa shape index (κ1) is 21.0. The van der Waals surface area contributed by atoms with Gasteiger partial charge in [0.15, 0.2) is 0 Å². The van der Waals surface area contributed by atoms with Crippen LogP contribution in [0.25, 0.3) is 15.9 Å². The number of thiophene rings is 1. The van der Waals surface area contributed by atoms with Gasteiger partial charge in [-0.2, -0.15) is 0 Å². The highest BCUT2D eigenvalue weighted by Crippen LogP contribution is 2.18. The van der Waals surface area contributed by atoms with Crippen molar-refractivity contribution in [2.75, 3.05) is 13.1 Å². The molecule has 154 valence electrons. The van der Waals surface area contributed by atoms with Crippen LogP contribution in [0.3, 0.4) is 0 Å². The van der Waals surface area contributed by atoms with E-state index in [9.17, 15) is 14.4 Å². The lowest BCUT2D eigenvalue weighted by atomic mass is 10.1. The van der Waals surface area contributed by atoms with Crippen LogP contribution in [-0.4, -0.2) is 33.0 Å². The Morgan fingerprint density at radius 2 is 1.72 bits per heavy atom. The Labute approximate surface area is 174 Å². The van der Waals surface area contributed by atoms with E-state index in [1.165, 1.54) is 20.5 Å². The van der Waals surface area contributed by atoms with E-state index < -0.39 is 5.69 Å². The fraction of sp³-hybridized carbons (Fsp3) is 0.409. The van der Waals surface area contributed by atoms with Crippen LogP contribution in [0, 0.1) is 13.8 Å². The van der Waals surface area contributed by atoms with E-state index in [0.717, 1.165) is 24.0 Å². The third-order valence-electron chi connectivity index (χ3n) is 5.14. The summed E-state index contributed by atoms with van der Waals surface area (Å²) in [6.07, 6.45) is 1.72. The molecule has 1 aromatic carbocycles. The second kappa shape index (κ2) is 8.78. The number of carbonyl (C=O) groups excluding carboxylic acids is 1. The predicted octanol–water partition coefficient (Wildman–Crippen LogP) is 3.48. The standard InChI is InChI=1S/C22H27N3O3S/c1-5-10-23(11-6-2)19(26)14-24-18-9-12-29-20(18)21(27)25(22(24)28)17-8-7-15(3)16(4)13-17/h7-9,12-13H,5-6,10-11,14H2,1-4H3. The van der Waals surface area contributed by atoms with Crippen LogP contribution in [0.1, 0.15) is 37.8 Å². The maximum Gasteiger partial charge on any atom is 0.336 e. The Hall–Kier alpha value is -2.67. The van der Waals surface area contributed by atoms with E-state index in [1.807, 2.05) is 39.8 Å². The van der Waals surface area contributed by atoms with Crippen LogP contribution in [0.4, 0.5) is 0 Å². The summed E-state index contributed by atoms with van der Waals surface area (Å²) in [6.45, 7) is 9.23. The molecule has 0 atom stereocenters. The number of aryl methyl sites for hydroxylation is 2. The maximum absolute atomic E-state index is 13.3. The van der Waals surface area contributed by atoms with Gasteiger partial charge >= 0.3 is 5.69 Å². The summed E-state index contributed by atoms with van der Waals surface area (Å²) in [5.41, 5.74) is 2.31. The minimum Gasteiger partial charge on any atom is -0.341 e. The zero-order valence-corrected chi connectivity index (χ0v) is 18.2. The number of amides is 1. The Bertz CT molecular complexity index is 1150. The molecule has 29 heavy (non-hydrogen) atoms. The molecule has 0 aliphatic rings. The van der Waals surface area contributed by atoms with E-state index in [-0.39, 0.29) is 18.0 Å². The zero-order chi connectivity index (χ0) is 21.1. The van der Waals surface area contributed by atoms with Gasteiger partial charge in [0, 0.05) is 13.1 Å². The van der Waals surface area contributed by atoms with Crippen molar-refractivity contribution in [3.63, 3.8) is 0 Å². The Balaban J connectivity index is 2.16. The number of hydrogen-bond acceptors (Lipinski definition) is 4. The predicted molar refractivity (Wildman–Crippen MR) is 118 cm³/mol. The van der Waals surface area contributed by atoms with Crippen molar-refractivity contribution in [3.05, 3.63) is 61.6 Å². The first-order chi connectivity index (χ1) is 13.9. The number of fused-ring (bicyclic) bond motifs is 1. The molecule has 0 radical (unpaired) electrons. The van der Waals surface area contributed by atoms with E-state index in [1.54, 1.807) is 22.4 Å². The monoisotopic (exact) mass is 413 g/mol. The lowest BCUT2D eigenvalue weighted by Gasteiger charge is -2.22. The summed E-state index contributed by atoms with van der Waals surface area (Å²) >= 11 is 1.29. The SMILES string of the molecule is CCCN(CCC)C(=O)Cn1c(=O)n(-c2ccc(C)c(C)c2)c(=O)c2sccc21. The van der Waals surface area contributed by atoms with Crippen molar-refractivity contribution >= 4 is 27.5 Å². The molecule has 7 heteroatoms. The van der Waals surface area contributed by atoms with Gasteiger partial charge in [-0.25, -0.2) is 9.36 Å². The maximum atomic E-state index is 13.3. The molecule has 0 saturated carbocycles. The average Bonchev–Trinajstić information content (AvgIpc) is 3.18. The van der Waals surface area contributed by atoms with Gasteiger partial charge in [0.2, 0.25) is 5.91 Å². The van der Waals surface area contributed by atoms with E-state index in [4.69, 9.17) is 0 Å². The third-order valence-corrected chi connectivity index (χ3v) is 6.03. The molecular weight excluding hydrogens is 386 g/mol. The normalized spacial score (nSPS) is 11.2. The molecule has 2 heterocycles.